The Morgan fingerprint density at radius 3 is 1.93 bits per heavy atom. The van der Waals surface area contributed by atoms with Gasteiger partial charge >= 0.3 is 0 Å². The highest BCUT2D eigenvalue weighted by atomic mass is 16.2. The maximum absolute atomic E-state index is 12.4. The van der Waals surface area contributed by atoms with Crippen molar-refractivity contribution in [1.29, 1.82) is 0 Å². The third-order valence-electron chi connectivity index (χ3n) is 4.87. The largest absolute Gasteiger partial charge is 0.343 e. The van der Waals surface area contributed by atoms with Crippen molar-refractivity contribution in [1.82, 2.24) is 9.80 Å². The Hall–Kier alpha value is -2.37. The summed E-state index contributed by atoms with van der Waals surface area (Å²) in [5.74, 6) is -0.237. The fourth-order valence-corrected chi connectivity index (χ4v) is 3.50. The lowest BCUT2D eigenvalue weighted by Crippen LogP contribution is -2.35. The molecule has 3 amide bonds. The van der Waals surface area contributed by atoms with Crippen LogP contribution in [-0.2, 0) is 14.4 Å². The lowest BCUT2D eigenvalue weighted by molar-refractivity contribution is -0.134. The average Bonchev–Trinajstić information content (AvgIpc) is 2.64. The van der Waals surface area contributed by atoms with Crippen molar-refractivity contribution in [2.75, 3.05) is 32.0 Å². The molecule has 1 N–H and O–H groups in total. The smallest absolute Gasteiger partial charge is 0.243 e. The number of anilines is 1. The molecule has 0 spiro atoms. The Bertz CT molecular complexity index is 686. The van der Waals surface area contributed by atoms with Crippen LogP contribution >= 0.6 is 0 Å². The Kier molecular flexibility index (Phi) is 10.4. The maximum Gasteiger partial charge on any atom is 0.243 e. The van der Waals surface area contributed by atoms with Crippen LogP contribution < -0.4 is 5.32 Å². The van der Waals surface area contributed by atoms with Crippen molar-refractivity contribution >= 4 is 23.4 Å². The van der Waals surface area contributed by atoms with Crippen molar-refractivity contribution in [3.63, 3.8) is 0 Å². The van der Waals surface area contributed by atoms with E-state index >= 15 is 0 Å². The first-order valence-corrected chi connectivity index (χ1v) is 10.6. The molecule has 1 rings (SSSR count). The zero-order valence-electron chi connectivity index (χ0n) is 18.9. The number of nitrogens with one attached hydrogen (secondary N) is 1. The molecule has 6 nitrogen and oxygen atoms in total. The molecule has 0 atom stereocenters. The minimum atomic E-state index is -0.218. The van der Waals surface area contributed by atoms with Gasteiger partial charge in [0.05, 0.1) is 6.54 Å². The summed E-state index contributed by atoms with van der Waals surface area (Å²) in [6, 6.07) is 4.05. The van der Waals surface area contributed by atoms with E-state index in [1.54, 1.807) is 7.05 Å². The Labute approximate surface area is 175 Å². The second kappa shape index (κ2) is 12.2. The molecule has 0 bridgehead atoms. The first kappa shape index (κ1) is 24.7. The molecule has 0 aliphatic heterocycles. The highest BCUT2D eigenvalue weighted by Crippen LogP contribution is 2.21. The number of hydrogen-bond acceptors (Lipinski definition) is 3. The molecule has 0 heterocycles. The molecule has 29 heavy (non-hydrogen) atoms. The van der Waals surface area contributed by atoms with Crippen LogP contribution in [0.1, 0.15) is 62.6 Å². The van der Waals surface area contributed by atoms with Crippen molar-refractivity contribution in [3.05, 3.63) is 28.8 Å². The summed E-state index contributed by atoms with van der Waals surface area (Å²) in [6.07, 6.45) is 3.01. The number of likely N-dealkylation sites (N-methyl/N-ethyl adjacent to an activating group) is 1. The molecule has 0 fully saturated rings. The molecule has 0 aliphatic carbocycles. The van der Waals surface area contributed by atoms with Crippen molar-refractivity contribution < 1.29 is 14.4 Å². The van der Waals surface area contributed by atoms with Gasteiger partial charge in [-0.15, -0.1) is 0 Å². The van der Waals surface area contributed by atoms with Gasteiger partial charge in [0.1, 0.15) is 0 Å². The van der Waals surface area contributed by atoms with Crippen molar-refractivity contribution in [2.45, 2.75) is 66.7 Å². The van der Waals surface area contributed by atoms with Crippen LogP contribution in [0.5, 0.6) is 0 Å². The second-order valence-corrected chi connectivity index (χ2v) is 7.81. The monoisotopic (exact) mass is 403 g/mol. The predicted octanol–water partition coefficient (Wildman–Crippen LogP) is 3.83. The quantitative estimate of drug-likeness (QED) is 0.610. The highest BCUT2D eigenvalue weighted by Gasteiger charge is 2.16. The fourth-order valence-electron chi connectivity index (χ4n) is 3.50. The van der Waals surface area contributed by atoms with Crippen LogP contribution in [0.25, 0.3) is 0 Å². The summed E-state index contributed by atoms with van der Waals surface area (Å²) < 4.78 is 0. The van der Waals surface area contributed by atoms with Gasteiger partial charge in [0.25, 0.3) is 0 Å². The zero-order valence-corrected chi connectivity index (χ0v) is 18.9. The summed E-state index contributed by atoms with van der Waals surface area (Å²) >= 11 is 0. The summed E-state index contributed by atoms with van der Waals surface area (Å²) in [5, 5.41) is 2.92. The van der Waals surface area contributed by atoms with E-state index in [2.05, 4.69) is 19.2 Å². The van der Waals surface area contributed by atoms with E-state index in [4.69, 9.17) is 0 Å². The number of amides is 3. The first-order chi connectivity index (χ1) is 13.7. The summed E-state index contributed by atoms with van der Waals surface area (Å²) in [4.78, 5) is 40.3. The van der Waals surface area contributed by atoms with Gasteiger partial charge in [-0.1, -0.05) is 31.5 Å². The van der Waals surface area contributed by atoms with Crippen LogP contribution in [0.2, 0.25) is 0 Å². The minimum Gasteiger partial charge on any atom is -0.343 e. The normalized spacial score (nSPS) is 10.6. The Balaban J connectivity index is 2.48. The third kappa shape index (κ3) is 8.26. The Morgan fingerprint density at radius 2 is 1.41 bits per heavy atom. The first-order valence-electron chi connectivity index (χ1n) is 10.6. The molecule has 1 aromatic carbocycles. The lowest BCUT2D eigenvalue weighted by atomic mass is 10.1. The number of benzene rings is 1. The van der Waals surface area contributed by atoms with Crippen LogP contribution in [-0.4, -0.2) is 54.2 Å². The number of carbonyl (C=O) groups is 3. The molecule has 0 aromatic heterocycles. The van der Waals surface area contributed by atoms with E-state index in [1.807, 2.05) is 37.8 Å². The molecule has 0 saturated carbocycles. The lowest BCUT2D eigenvalue weighted by Gasteiger charge is -2.22. The molecule has 0 radical (unpaired) electrons. The molecular weight excluding hydrogens is 366 g/mol. The van der Waals surface area contributed by atoms with Gasteiger partial charge < -0.3 is 15.1 Å². The zero-order chi connectivity index (χ0) is 22.0. The molecule has 162 valence electrons. The van der Waals surface area contributed by atoms with Gasteiger partial charge in [-0.25, -0.2) is 0 Å². The van der Waals surface area contributed by atoms with E-state index in [1.165, 1.54) is 4.90 Å². The predicted molar refractivity (Wildman–Crippen MR) is 118 cm³/mol. The van der Waals surface area contributed by atoms with Crippen LogP contribution in [0.15, 0.2) is 12.1 Å². The third-order valence-corrected chi connectivity index (χ3v) is 4.87. The standard InChI is InChI=1S/C23H37N3O3/c1-7-12-26(13-8-2)22(29)11-9-10-21(28)25(6)16-20(27)24-23-18(4)14-17(3)15-19(23)5/h14-15H,7-13,16H2,1-6H3,(H,24,27). The minimum absolute atomic E-state index is 0.00265. The maximum atomic E-state index is 12.4. The number of rotatable bonds is 11. The highest BCUT2D eigenvalue weighted by molar-refractivity contribution is 5.95. The van der Waals surface area contributed by atoms with E-state index in [9.17, 15) is 14.4 Å². The van der Waals surface area contributed by atoms with Crippen LogP contribution in [0.3, 0.4) is 0 Å². The fraction of sp³-hybridized carbons (Fsp3) is 0.609. The molecule has 0 saturated heterocycles. The summed E-state index contributed by atoms with van der Waals surface area (Å²) in [7, 11) is 1.62. The Morgan fingerprint density at radius 1 is 0.897 bits per heavy atom. The number of hydrogen-bond donors (Lipinski definition) is 1. The van der Waals surface area contributed by atoms with Gasteiger partial charge in [0, 0.05) is 38.7 Å². The molecule has 0 unspecified atom stereocenters. The topological polar surface area (TPSA) is 69.7 Å². The van der Waals surface area contributed by atoms with Gasteiger partial charge in [-0.2, -0.15) is 0 Å². The molecular formula is C23H37N3O3. The van der Waals surface area contributed by atoms with Crippen LogP contribution in [0.4, 0.5) is 5.69 Å². The number of carbonyl (C=O) groups excluding carboxylic acids is 3. The molecule has 0 aliphatic rings. The molecule has 1 aromatic rings. The SMILES string of the molecule is CCCN(CCC)C(=O)CCCC(=O)N(C)CC(=O)Nc1c(C)cc(C)cc1C. The second-order valence-electron chi connectivity index (χ2n) is 7.81. The van der Waals surface area contributed by atoms with E-state index in [-0.39, 0.29) is 30.7 Å². The van der Waals surface area contributed by atoms with Crippen molar-refractivity contribution in [2.24, 2.45) is 0 Å². The van der Waals surface area contributed by atoms with Gasteiger partial charge in [-0.3, -0.25) is 14.4 Å². The summed E-state index contributed by atoms with van der Waals surface area (Å²) in [6.45, 7) is 11.6. The van der Waals surface area contributed by atoms with Crippen molar-refractivity contribution in [3.8, 4) is 0 Å². The van der Waals surface area contributed by atoms with Crippen LogP contribution in [0, 0.1) is 20.8 Å². The van der Waals surface area contributed by atoms with E-state index in [0.29, 0.717) is 12.8 Å². The number of nitrogens with zero attached hydrogens (tertiary/aromatic N) is 2. The molecule has 6 heteroatoms. The average molecular weight is 404 g/mol. The van der Waals surface area contributed by atoms with Gasteiger partial charge in [-0.05, 0) is 51.2 Å². The van der Waals surface area contributed by atoms with E-state index in [0.717, 1.165) is 48.3 Å². The van der Waals surface area contributed by atoms with Gasteiger partial charge in [0.15, 0.2) is 0 Å². The van der Waals surface area contributed by atoms with Gasteiger partial charge in [0.2, 0.25) is 17.7 Å². The number of aryl methyl sites for hydroxylation is 3. The van der Waals surface area contributed by atoms with E-state index < -0.39 is 0 Å². The summed E-state index contributed by atoms with van der Waals surface area (Å²) in [5.41, 5.74) is 3.97.